The molecule has 1 nitrogen and oxygen atoms in total. The molecule has 0 rings (SSSR count). The maximum absolute atomic E-state index is 10.2. The molecule has 0 aromatic heterocycles. The fourth-order valence-corrected chi connectivity index (χ4v) is 1.05. The first-order valence-corrected chi connectivity index (χ1v) is 4.55. The summed E-state index contributed by atoms with van der Waals surface area (Å²) >= 11 is 0. The molecule has 0 aliphatic rings. The Morgan fingerprint density at radius 3 is 2.42 bits per heavy atom. The van der Waals surface area contributed by atoms with Gasteiger partial charge in [0.2, 0.25) is 0 Å². The number of aldehydes is 1. The molecular formula is C11H18O. The van der Waals surface area contributed by atoms with Crippen LogP contribution < -0.4 is 0 Å². The van der Waals surface area contributed by atoms with Crippen molar-refractivity contribution in [3.63, 3.8) is 0 Å². The van der Waals surface area contributed by atoms with Gasteiger partial charge in [-0.05, 0) is 31.3 Å². The zero-order chi connectivity index (χ0) is 9.23. The molecule has 0 heterocycles. The van der Waals surface area contributed by atoms with Crippen molar-refractivity contribution in [3.8, 4) is 0 Å². The summed E-state index contributed by atoms with van der Waals surface area (Å²) in [5.41, 5.74) is 0.721. The number of rotatable bonds is 8. The largest absolute Gasteiger partial charge is 0.298 e. The Bertz CT molecular complexity index is 147. The van der Waals surface area contributed by atoms with Crippen molar-refractivity contribution in [2.75, 3.05) is 0 Å². The first kappa shape index (κ1) is 11.2. The van der Waals surface area contributed by atoms with Gasteiger partial charge in [-0.3, -0.25) is 4.79 Å². The first-order chi connectivity index (χ1) is 5.81. The summed E-state index contributed by atoms with van der Waals surface area (Å²) in [5.74, 6) is 0. The number of carbonyl (C=O) groups excluding carboxylic acids is 1. The van der Waals surface area contributed by atoms with Gasteiger partial charge in [0.25, 0.3) is 0 Å². The number of allylic oxidation sites excluding steroid dienone is 2. The van der Waals surface area contributed by atoms with Crippen LogP contribution in [0.1, 0.15) is 38.5 Å². The van der Waals surface area contributed by atoms with E-state index in [4.69, 9.17) is 0 Å². The summed E-state index contributed by atoms with van der Waals surface area (Å²) in [6, 6.07) is 0. The highest BCUT2D eigenvalue weighted by molar-refractivity contribution is 5.71. The standard InChI is InChI=1S/C11H18O/c1-3-4-5-6-7-8-9-11(2)10-12/h3,10H,1-2,4-9H2. The summed E-state index contributed by atoms with van der Waals surface area (Å²) < 4.78 is 0. The van der Waals surface area contributed by atoms with Crippen LogP contribution in [0.25, 0.3) is 0 Å². The molecule has 68 valence electrons. The van der Waals surface area contributed by atoms with Gasteiger partial charge < -0.3 is 0 Å². The zero-order valence-corrected chi connectivity index (χ0v) is 7.72. The predicted molar refractivity (Wildman–Crippen MR) is 53.1 cm³/mol. The molecule has 0 bridgehead atoms. The van der Waals surface area contributed by atoms with Gasteiger partial charge in [0.05, 0.1) is 0 Å². The lowest BCUT2D eigenvalue weighted by atomic mass is 10.1. The highest BCUT2D eigenvalue weighted by atomic mass is 16.1. The lowest BCUT2D eigenvalue weighted by Gasteiger charge is -1.98. The maximum Gasteiger partial charge on any atom is 0.145 e. The van der Waals surface area contributed by atoms with Gasteiger partial charge in [0, 0.05) is 0 Å². The second-order valence-corrected chi connectivity index (χ2v) is 3.02. The highest BCUT2D eigenvalue weighted by Gasteiger charge is 1.92. The summed E-state index contributed by atoms with van der Waals surface area (Å²) in [7, 11) is 0. The third kappa shape index (κ3) is 7.26. The third-order valence-corrected chi connectivity index (χ3v) is 1.82. The second-order valence-electron chi connectivity index (χ2n) is 3.02. The molecule has 0 aliphatic heterocycles. The lowest BCUT2D eigenvalue weighted by Crippen LogP contribution is -1.83. The number of carbonyl (C=O) groups is 1. The Morgan fingerprint density at radius 2 is 1.83 bits per heavy atom. The summed E-state index contributed by atoms with van der Waals surface area (Å²) in [5, 5.41) is 0. The zero-order valence-electron chi connectivity index (χ0n) is 7.72. The van der Waals surface area contributed by atoms with Gasteiger partial charge in [-0.2, -0.15) is 0 Å². The number of unbranched alkanes of at least 4 members (excludes halogenated alkanes) is 4. The van der Waals surface area contributed by atoms with Crippen LogP contribution in [0, 0.1) is 0 Å². The van der Waals surface area contributed by atoms with Gasteiger partial charge in [-0.15, -0.1) is 6.58 Å². The number of hydrogen-bond acceptors (Lipinski definition) is 1. The number of hydrogen-bond donors (Lipinski definition) is 0. The minimum atomic E-state index is 0.721. The Balaban J connectivity index is 3.05. The molecule has 12 heavy (non-hydrogen) atoms. The smallest absolute Gasteiger partial charge is 0.145 e. The van der Waals surface area contributed by atoms with E-state index < -0.39 is 0 Å². The molecule has 0 N–H and O–H groups in total. The first-order valence-electron chi connectivity index (χ1n) is 4.55. The van der Waals surface area contributed by atoms with E-state index in [1.54, 1.807) is 0 Å². The average Bonchev–Trinajstić information content (AvgIpc) is 2.10. The van der Waals surface area contributed by atoms with Crippen molar-refractivity contribution in [2.24, 2.45) is 0 Å². The highest BCUT2D eigenvalue weighted by Crippen LogP contribution is 2.08. The molecule has 0 aromatic rings. The van der Waals surface area contributed by atoms with E-state index in [2.05, 4.69) is 13.2 Å². The molecule has 0 aromatic carbocycles. The molecule has 0 fully saturated rings. The Morgan fingerprint density at radius 1 is 1.17 bits per heavy atom. The van der Waals surface area contributed by atoms with Crippen molar-refractivity contribution < 1.29 is 4.79 Å². The molecule has 0 atom stereocenters. The van der Waals surface area contributed by atoms with Crippen LogP contribution >= 0.6 is 0 Å². The molecule has 0 saturated heterocycles. The van der Waals surface area contributed by atoms with E-state index in [9.17, 15) is 4.79 Å². The van der Waals surface area contributed by atoms with Crippen LogP contribution in [0.2, 0.25) is 0 Å². The summed E-state index contributed by atoms with van der Waals surface area (Å²) in [6.07, 6.45) is 9.50. The predicted octanol–water partition coefficient (Wildman–Crippen LogP) is 3.27. The van der Waals surface area contributed by atoms with Crippen LogP contribution in [0.3, 0.4) is 0 Å². The normalized spacial score (nSPS) is 9.33. The van der Waals surface area contributed by atoms with E-state index in [0.29, 0.717) is 0 Å². The molecule has 0 radical (unpaired) electrons. The third-order valence-electron chi connectivity index (χ3n) is 1.82. The fourth-order valence-electron chi connectivity index (χ4n) is 1.05. The van der Waals surface area contributed by atoms with Gasteiger partial charge in [0.15, 0.2) is 0 Å². The second kappa shape index (κ2) is 8.25. The molecule has 0 unspecified atom stereocenters. The van der Waals surface area contributed by atoms with Gasteiger partial charge in [-0.25, -0.2) is 0 Å². The molecule has 0 amide bonds. The molecule has 0 saturated carbocycles. The van der Waals surface area contributed by atoms with E-state index in [1.165, 1.54) is 19.3 Å². The monoisotopic (exact) mass is 166 g/mol. The van der Waals surface area contributed by atoms with Crippen LogP contribution in [-0.2, 0) is 4.79 Å². The van der Waals surface area contributed by atoms with Crippen molar-refractivity contribution in [2.45, 2.75) is 38.5 Å². The maximum atomic E-state index is 10.2. The topological polar surface area (TPSA) is 17.1 Å². The molecule has 0 spiro atoms. The van der Waals surface area contributed by atoms with E-state index in [1.807, 2.05) is 6.08 Å². The van der Waals surface area contributed by atoms with E-state index in [-0.39, 0.29) is 0 Å². The quantitative estimate of drug-likeness (QED) is 0.234. The molecule has 1 heteroatoms. The molecular weight excluding hydrogens is 148 g/mol. The van der Waals surface area contributed by atoms with Crippen LogP contribution in [-0.4, -0.2) is 6.29 Å². The Kier molecular flexibility index (Phi) is 7.66. The van der Waals surface area contributed by atoms with Crippen LogP contribution in [0.4, 0.5) is 0 Å². The van der Waals surface area contributed by atoms with Crippen molar-refractivity contribution in [3.05, 3.63) is 24.8 Å². The summed E-state index contributed by atoms with van der Waals surface area (Å²) in [4.78, 5) is 10.2. The SMILES string of the molecule is C=CCCCCCCC(=C)C=O. The van der Waals surface area contributed by atoms with E-state index >= 15 is 0 Å². The minimum Gasteiger partial charge on any atom is -0.298 e. The van der Waals surface area contributed by atoms with Gasteiger partial charge in [-0.1, -0.05) is 25.5 Å². The van der Waals surface area contributed by atoms with Crippen molar-refractivity contribution in [1.29, 1.82) is 0 Å². The Labute approximate surface area is 75.2 Å². The average molecular weight is 166 g/mol. The lowest BCUT2D eigenvalue weighted by molar-refractivity contribution is -0.105. The van der Waals surface area contributed by atoms with Crippen LogP contribution in [0.15, 0.2) is 24.8 Å². The fraction of sp³-hybridized carbons (Fsp3) is 0.545. The van der Waals surface area contributed by atoms with Crippen LogP contribution in [0.5, 0.6) is 0 Å². The minimum absolute atomic E-state index is 0.721. The Hall–Kier alpha value is -0.850. The van der Waals surface area contributed by atoms with Gasteiger partial charge >= 0.3 is 0 Å². The van der Waals surface area contributed by atoms with Gasteiger partial charge in [0.1, 0.15) is 6.29 Å². The summed E-state index contributed by atoms with van der Waals surface area (Å²) in [6.45, 7) is 7.28. The van der Waals surface area contributed by atoms with Crippen molar-refractivity contribution in [1.82, 2.24) is 0 Å². The molecule has 0 aliphatic carbocycles. The van der Waals surface area contributed by atoms with E-state index in [0.717, 1.165) is 31.1 Å². The van der Waals surface area contributed by atoms with Crippen molar-refractivity contribution >= 4 is 6.29 Å².